The highest BCUT2D eigenvalue weighted by atomic mass is 16.5. The number of carbonyl (C=O) groups is 1. The van der Waals surface area contributed by atoms with Crippen LogP contribution in [0.1, 0.15) is 42.1 Å². The Morgan fingerprint density at radius 2 is 1.85 bits per heavy atom. The van der Waals surface area contributed by atoms with E-state index in [-0.39, 0.29) is 17.1 Å². The predicted octanol–water partition coefficient (Wildman–Crippen LogP) is 4.68. The minimum absolute atomic E-state index is 0.0418. The van der Waals surface area contributed by atoms with Gasteiger partial charge in [0.15, 0.2) is 17.3 Å². The number of phenolic OH excluding ortho intramolecular Hbond substituents is 1. The molecule has 1 saturated carbocycles. The average molecular weight is 350 g/mol. The minimum Gasteiger partial charge on any atom is -0.504 e. The summed E-state index contributed by atoms with van der Waals surface area (Å²) in [5, 5.41) is 10.2. The summed E-state index contributed by atoms with van der Waals surface area (Å²) in [5.74, 6) is 1.09. The van der Waals surface area contributed by atoms with E-state index in [0.29, 0.717) is 17.9 Å². The van der Waals surface area contributed by atoms with Crippen LogP contribution in [0.25, 0.3) is 11.1 Å². The molecule has 0 aromatic heterocycles. The molecule has 0 atom stereocenters. The molecule has 0 saturated heterocycles. The summed E-state index contributed by atoms with van der Waals surface area (Å²) in [7, 11) is 1.52. The molecule has 2 aliphatic rings. The molecule has 0 amide bonds. The molecule has 2 aromatic rings. The van der Waals surface area contributed by atoms with Crippen molar-refractivity contribution in [3.8, 4) is 28.4 Å². The van der Waals surface area contributed by atoms with Gasteiger partial charge >= 0.3 is 0 Å². The zero-order valence-corrected chi connectivity index (χ0v) is 15.1. The number of hydrogen-bond donors (Lipinski definition) is 1. The number of carbonyl (C=O) groups excluding carboxylic acids is 1. The summed E-state index contributed by atoms with van der Waals surface area (Å²) in [6, 6.07) is 9.30. The third-order valence-corrected chi connectivity index (χ3v) is 5.41. The number of aryl methyl sites for hydroxylation is 1. The van der Waals surface area contributed by atoms with E-state index in [4.69, 9.17) is 9.47 Å². The minimum atomic E-state index is -0.386. The van der Waals surface area contributed by atoms with Crippen LogP contribution >= 0.6 is 0 Å². The third kappa shape index (κ3) is 2.57. The third-order valence-electron chi connectivity index (χ3n) is 5.41. The van der Waals surface area contributed by atoms with Gasteiger partial charge < -0.3 is 14.6 Å². The van der Waals surface area contributed by atoms with Gasteiger partial charge in [-0.3, -0.25) is 4.79 Å². The molecule has 2 aromatic carbocycles. The number of aromatic hydroxyl groups is 1. The fourth-order valence-corrected chi connectivity index (χ4v) is 3.63. The number of rotatable bonds is 5. The normalized spacial score (nSPS) is 16.9. The SMILES string of the molecule is C=C(C)C1(Oc2c(-c3ccc4c(c3)CCC4=O)ccc(O)c2OC)CC1. The van der Waals surface area contributed by atoms with Gasteiger partial charge in [-0.25, -0.2) is 0 Å². The van der Waals surface area contributed by atoms with Gasteiger partial charge in [-0.15, -0.1) is 0 Å². The summed E-state index contributed by atoms with van der Waals surface area (Å²) in [4.78, 5) is 11.9. The molecule has 1 fully saturated rings. The lowest BCUT2D eigenvalue weighted by molar-refractivity contribution is 0.0994. The van der Waals surface area contributed by atoms with Crippen LogP contribution in [-0.2, 0) is 6.42 Å². The number of ketones is 1. The molecule has 134 valence electrons. The van der Waals surface area contributed by atoms with Crippen LogP contribution in [0.3, 0.4) is 0 Å². The second-order valence-electron chi connectivity index (χ2n) is 7.17. The molecule has 4 heteroatoms. The highest BCUT2D eigenvalue weighted by Crippen LogP contribution is 2.52. The number of methoxy groups -OCH3 is 1. The molecule has 1 N–H and O–H groups in total. The molecule has 4 nitrogen and oxygen atoms in total. The Bertz CT molecular complexity index is 922. The number of phenols is 1. The second kappa shape index (κ2) is 5.90. The Labute approximate surface area is 153 Å². The van der Waals surface area contributed by atoms with Gasteiger partial charge in [0.1, 0.15) is 5.60 Å². The number of hydrogen-bond acceptors (Lipinski definition) is 4. The summed E-state index contributed by atoms with van der Waals surface area (Å²) in [5.41, 5.74) is 4.24. The zero-order chi connectivity index (χ0) is 18.5. The van der Waals surface area contributed by atoms with Crippen molar-refractivity contribution in [3.05, 3.63) is 53.6 Å². The van der Waals surface area contributed by atoms with Gasteiger partial charge in [-0.1, -0.05) is 24.8 Å². The largest absolute Gasteiger partial charge is 0.504 e. The van der Waals surface area contributed by atoms with Crippen molar-refractivity contribution in [2.45, 2.75) is 38.2 Å². The Morgan fingerprint density at radius 3 is 2.50 bits per heavy atom. The molecule has 0 bridgehead atoms. The maximum Gasteiger partial charge on any atom is 0.203 e. The summed E-state index contributed by atoms with van der Waals surface area (Å²) >= 11 is 0. The lowest BCUT2D eigenvalue weighted by Crippen LogP contribution is -2.19. The second-order valence-corrected chi connectivity index (χ2v) is 7.17. The van der Waals surface area contributed by atoms with Crippen molar-refractivity contribution in [3.63, 3.8) is 0 Å². The Balaban J connectivity index is 1.84. The van der Waals surface area contributed by atoms with Crippen molar-refractivity contribution >= 4 is 5.78 Å². The van der Waals surface area contributed by atoms with Crippen LogP contribution in [-0.4, -0.2) is 23.6 Å². The van der Waals surface area contributed by atoms with Crippen LogP contribution in [0.2, 0.25) is 0 Å². The number of fused-ring (bicyclic) bond motifs is 1. The lowest BCUT2D eigenvalue weighted by Gasteiger charge is -2.23. The first-order valence-electron chi connectivity index (χ1n) is 8.86. The lowest BCUT2D eigenvalue weighted by atomic mass is 9.98. The van der Waals surface area contributed by atoms with E-state index < -0.39 is 0 Å². The zero-order valence-electron chi connectivity index (χ0n) is 15.1. The van der Waals surface area contributed by atoms with Crippen molar-refractivity contribution < 1.29 is 19.4 Å². The van der Waals surface area contributed by atoms with Gasteiger partial charge in [0.05, 0.1) is 7.11 Å². The molecule has 0 aliphatic heterocycles. The van der Waals surface area contributed by atoms with Gasteiger partial charge in [-0.2, -0.15) is 0 Å². The van der Waals surface area contributed by atoms with E-state index in [2.05, 4.69) is 6.58 Å². The fraction of sp³-hybridized carbons (Fsp3) is 0.318. The van der Waals surface area contributed by atoms with Crippen molar-refractivity contribution in [2.75, 3.05) is 7.11 Å². The molecule has 0 unspecified atom stereocenters. The van der Waals surface area contributed by atoms with Crippen molar-refractivity contribution in [1.82, 2.24) is 0 Å². The highest BCUT2D eigenvalue weighted by molar-refractivity contribution is 6.01. The molecule has 2 aliphatic carbocycles. The van der Waals surface area contributed by atoms with Gasteiger partial charge in [0.25, 0.3) is 0 Å². The van der Waals surface area contributed by atoms with Crippen molar-refractivity contribution in [1.29, 1.82) is 0 Å². The van der Waals surface area contributed by atoms with Gasteiger partial charge in [0, 0.05) is 17.5 Å². The Kier molecular flexibility index (Phi) is 3.79. The first kappa shape index (κ1) is 16.7. The predicted molar refractivity (Wildman–Crippen MR) is 100 cm³/mol. The molecule has 4 rings (SSSR count). The van der Waals surface area contributed by atoms with Crippen molar-refractivity contribution in [2.24, 2.45) is 0 Å². The van der Waals surface area contributed by atoms with Crippen LogP contribution in [0.15, 0.2) is 42.5 Å². The first-order chi connectivity index (χ1) is 12.4. The van der Waals surface area contributed by atoms with Crippen LogP contribution in [0.5, 0.6) is 17.2 Å². The van der Waals surface area contributed by atoms with Crippen LogP contribution in [0, 0.1) is 0 Å². The molecular weight excluding hydrogens is 328 g/mol. The number of benzene rings is 2. The monoisotopic (exact) mass is 350 g/mol. The highest BCUT2D eigenvalue weighted by Gasteiger charge is 2.47. The maximum atomic E-state index is 11.9. The number of Topliss-reactive ketones (excluding diaryl/α,β-unsaturated/α-hetero) is 1. The molecule has 26 heavy (non-hydrogen) atoms. The molecule has 0 radical (unpaired) electrons. The average Bonchev–Trinajstić information content (AvgIpc) is 3.32. The quantitative estimate of drug-likeness (QED) is 0.795. The Morgan fingerprint density at radius 1 is 1.12 bits per heavy atom. The topological polar surface area (TPSA) is 55.8 Å². The van der Waals surface area contributed by atoms with E-state index in [0.717, 1.165) is 47.1 Å². The van der Waals surface area contributed by atoms with E-state index >= 15 is 0 Å². The summed E-state index contributed by atoms with van der Waals surface area (Å²) in [6.45, 7) is 6.02. The fourth-order valence-electron chi connectivity index (χ4n) is 3.63. The maximum absolute atomic E-state index is 11.9. The number of ether oxygens (including phenoxy) is 2. The molecule has 0 heterocycles. The standard InChI is InChI=1S/C22H22O4/c1-13(2)22(10-11-22)26-20-17(7-9-19(24)21(20)25-3)15-4-6-16-14(12-15)5-8-18(16)23/h4,6-7,9,12,24H,1,5,8,10-11H2,2-3H3. The van der Waals surface area contributed by atoms with E-state index in [1.165, 1.54) is 7.11 Å². The van der Waals surface area contributed by atoms with Crippen LogP contribution in [0.4, 0.5) is 0 Å². The molecule has 0 spiro atoms. The van der Waals surface area contributed by atoms with Gasteiger partial charge in [-0.05, 0) is 55.0 Å². The molecular formula is C22H22O4. The Hall–Kier alpha value is -2.75. The van der Waals surface area contributed by atoms with E-state index in [1.807, 2.05) is 31.2 Å². The van der Waals surface area contributed by atoms with E-state index in [1.54, 1.807) is 6.07 Å². The smallest absolute Gasteiger partial charge is 0.203 e. The van der Waals surface area contributed by atoms with Crippen LogP contribution < -0.4 is 9.47 Å². The summed E-state index contributed by atoms with van der Waals surface area (Å²) in [6.07, 6.45) is 3.14. The summed E-state index contributed by atoms with van der Waals surface area (Å²) < 4.78 is 11.8. The first-order valence-corrected chi connectivity index (χ1v) is 8.86. The van der Waals surface area contributed by atoms with Gasteiger partial charge in [0.2, 0.25) is 5.75 Å². The van der Waals surface area contributed by atoms with E-state index in [9.17, 15) is 9.90 Å².